The quantitative estimate of drug-likeness (QED) is 0.863. The average Bonchev–Trinajstić information content (AvgIpc) is 2.16. The Morgan fingerprint density at radius 3 is 2.50 bits per heavy atom. The summed E-state index contributed by atoms with van der Waals surface area (Å²) in [6.45, 7) is 1.76. The number of benzene rings is 1. The van der Waals surface area contributed by atoms with E-state index in [9.17, 15) is 18.0 Å². The molecule has 2 nitrogen and oxygen atoms in total. The van der Waals surface area contributed by atoms with Crippen molar-refractivity contribution < 1.29 is 23.1 Å². The number of aryl methyl sites for hydroxylation is 1. The van der Waals surface area contributed by atoms with Crippen molar-refractivity contribution in [2.75, 3.05) is 0 Å². The van der Waals surface area contributed by atoms with E-state index in [0.29, 0.717) is 12.5 Å². The van der Waals surface area contributed by atoms with Crippen molar-refractivity contribution in [3.63, 3.8) is 0 Å². The number of hydrogen-bond acceptors (Lipinski definition) is 1. The molecule has 88 valence electrons. The molecule has 0 aliphatic carbocycles. The van der Waals surface area contributed by atoms with Crippen molar-refractivity contribution in [3.8, 4) is 0 Å². The maximum absolute atomic E-state index is 13.3. The summed E-state index contributed by atoms with van der Waals surface area (Å²) in [5, 5.41) is 8.78. The Kier molecular flexibility index (Phi) is 3.93. The van der Waals surface area contributed by atoms with Crippen molar-refractivity contribution in [1.29, 1.82) is 0 Å². The second-order valence-electron chi connectivity index (χ2n) is 3.39. The average molecular weight is 232 g/mol. The molecule has 0 amide bonds. The third-order valence-corrected chi connectivity index (χ3v) is 2.18. The van der Waals surface area contributed by atoms with Crippen LogP contribution in [0.25, 0.3) is 0 Å². The third-order valence-electron chi connectivity index (χ3n) is 2.18. The normalized spacial score (nSPS) is 10.8. The molecule has 0 aromatic heterocycles. The highest BCUT2D eigenvalue weighted by Crippen LogP contribution is 2.25. The van der Waals surface area contributed by atoms with Gasteiger partial charge in [-0.3, -0.25) is 0 Å². The van der Waals surface area contributed by atoms with E-state index < -0.39 is 29.3 Å². The van der Waals surface area contributed by atoms with Crippen LogP contribution in [0.5, 0.6) is 0 Å². The molecule has 0 bridgehead atoms. The first-order valence-electron chi connectivity index (χ1n) is 4.81. The molecular formula is C11H11F3O2. The molecule has 0 aliphatic heterocycles. The lowest BCUT2D eigenvalue weighted by atomic mass is 9.99. The zero-order chi connectivity index (χ0) is 12.3. The molecule has 0 atom stereocenters. The number of hydrogen-bond donors (Lipinski definition) is 1. The fraction of sp³-hybridized carbons (Fsp3) is 0.364. The molecular weight excluding hydrogens is 221 g/mol. The molecule has 0 heterocycles. The zero-order valence-corrected chi connectivity index (χ0v) is 8.64. The summed E-state index contributed by atoms with van der Waals surface area (Å²) in [4.78, 5) is 10.8. The van der Waals surface area contributed by atoms with Crippen molar-refractivity contribution in [2.24, 2.45) is 0 Å². The predicted molar refractivity (Wildman–Crippen MR) is 52.3 cm³/mol. The van der Waals surface area contributed by atoms with Gasteiger partial charge >= 0.3 is 5.97 Å². The number of carboxylic acid groups (broad SMARTS) is 1. The Balaban J connectivity index is 3.33. The molecule has 1 rings (SSSR count). The van der Waals surface area contributed by atoms with Gasteiger partial charge in [-0.2, -0.15) is 0 Å². The molecule has 1 N–H and O–H groups in total. The van der Waals surface area contributed by atoms with E-state index in [1.54, 1.807) is 6.92 Å². The number of carboxylic acids is 1. The zero-order valence-electron chi connectivity index (χ0n) is 8.64. The first-order valence-corrected chi connectivity index (χ1v) is 4.81. The SMILES string of the molecule is CCCc1cc(C(F)F)cc(F)c1C(=O)O. The molecule has 0 spiro atoms. The number of carbonyl (C=O) groups is 1. The van der Waals surface area contributed by atoms with Gasteiger partial charge in [-0.05, 0) is 24.1 Å². The molecule has 5 heteroatoms. The fourth-order valence-electron chi connectivity index (χ4n) is 1.52. The Hall–Kier alpha value is -1.52. The van der Waals surface area contributed by atoms with Gasteiger partial charge in [0.25, 0.3) is 6.43 Å². The van der Waals surface area contributed by atoms with Gasteiger partial charge < -0.3 is 5.11 Å². The van der Waals surface area contributed by atoms with Crippen LogP contribution in [0, 0.1) is 5.82 Å². The topological polar surface area (TPSA) is 37.3 Å². The van der Waals surface area contributed by atoms with Crippen LogP contribution in [0.15, 0.2) is 12.1 Å². The summed E-state index contributed by atoms with van der Waals surface area (Å²) in [5.41, 5.74) is -0.873. The molecule has 0 saturated heterocycles. The molecule has 0 fully saturated rings. The van der Waals surface area contributed by atoms with E-state index >= 15 is 0 Å². The van der Waals surface area contributed by atoms with E-state index in [1.165, 1.54) is 0 Å². The third kappa shape index (κ3) is 2.53. The Labute approximate surface area is 90.7 Å². The van der Waals surface area contributed by atoms with Gasteiger partial charge in [-0.1, -0.05) is 13.3 Å². The van der Waals surface area contributed by atoms with E-state index in [0.717, 1.165) is 6.07 Å². The standard InChI is InChI=1S/C11H11F3O2/c1-2-3-6-4-7(10(13)14)5-8(12)9(6)11(15)16/h4-5,10H,2-3H2,1H3,(H,15,16). The van der Waals surface area contributed by atoms with Crippen LogP contribution in [0.1, 0.15) is 41.3 Å². The van der Waals surface area contributed by atoms with Crippen LogP contribution in [0.3, 0.4) is 0 Å². The molecule has 1 aromatic carbocycles. The van der Waals surface area contributed by atoms with Crippen LogP contribution in [-0.2, 0) is 6.42 Å². The van der Waals surface area contributed by atoms with Crippen LogP contribution < -0.4 is 0 Å². The molecule has 0 aliphatic rings. The number of alkyl halides is 2. The minimum atomic E-state index is -2.80. The van der Waals surface area contributed by atoms with Crippen molar-refractivity contribution in [3.05, 3.63) is 34.6 Å². The highest BCUT2D eigenvalue weighted by Gasteiger charge is 2.19. The summed E-state index contributed by atoms with van der Waals surface area (Å²) in [6, 6.07) is 1.63. The summed E-state index contributed by atoms with van der Waals surface area (Å²) in [6.07, 6.45) is -1.97. The lowest BCUT2D eigenvalue weighted by Crippen LogP contribution is -2.07. The minimum Gasteiger partial charge on any atom is -0.478 e. The van der Waals surface area contributed by atoms with Gasteiger partial charge in [0.2, 0.25) is 0 Å². The molecule has 0 saturated carbocycles. The largest absolute Gasteiger partial charge is 0.478 e. The second kappa shape index (κ2) is 5.01. The van der Waals surface area contributed by atoms with Gasteiger partial charge in [-0.15, -0.1) is 0 Å². The van der Waals surface area contributed by atoms with Crippen LogP contribution >= 0.6 is 0 Å². The van der Waals surface area contributed by atoms with E-state index in [4.69, 9.17) is 5.11 Å². The van der Waals surface area contributed by atoms with E-state index in [2.05, 4.69) is 0 Å². The van der Waals surface area contributed by atoms with Gasteiger partial charge in [-0.25, -0.2) is 18.0 Å². The van der Waals surface area contributed by atoms with Crippen molar-refractivity contribution in [1.82, 2.24) is 0 Å². The van der Waals surface area contributed by atoms with Crippen molar-refractivity contribution >= 4 is 5.97 Å². The summed E-state index contributed by atoms with van der Waals surface area (Å²) < 4.78 is 38.1. The van der Waals surface area contributed by atoms with Crippen LogP contribution in [0.4, 0.5) is 13.2 Å². The van der Waals surface area contributed by atoms with Gasteiger partial charge in [0.1, 0.15) is 5.82 Å². The Bertz CT molecular complexity index is 402. The van der Waals surface area contributed by atoms with Crippen LogP contribution in [-0.4, -0.2) is 11.1 Å². The van der Waals surface area contributed by atoms with Gasteiger partial charge in [0, 0.05) is 5.56 Å². The maximum atomic E-state index is 13.3. The second-order valence-corrected chi connectivity index (χ2v) is 3.39. The molecule has 0 unspecified atom stereocenters. The minimum absolute atomic E-state index is 0.116. The molecule has 0 radical (unpaired) electrons. The van der Waals surface area contributed by atoms with E-state index in [-0.39, 0.29) is 12.0 Å². The first-order chi connectivity index (χ1) is 7.47. The summed E-state index contributed by atoms with van der Waals surface area (Å²) in [5.74, 6) is -2.53. The van der Waals surface area contributed by atoms with Crippen molar-refractivity contribution in [2.45, 2.75) is 26.2 Å². The maximum Gasteiger partial charge on any atom is 0.338 e. The van der Waals surface area contributed by atoms with E-state index in [1.807, 2.05) is 0 Å². The van der Waals surface area contributed by atoms with Gasteiger partial charge in [0.05, 0.1) is 5.56 Å². The lowest BCUT2D eigenvalue weighted by molar-refractivity contribution is 0.0690. The monoisotopic (exact) mass is 232 g/mol. The fourth-order valence-corrected chi connectivity index (χ4v) is 1.52. The first kappa shape index (κ1) is 12.5. The highest BCUT2D eigenvalue weighted by atomic mass is 19.3. The predicted octanol–water partition coefficient (Wildman–Crippen LogP) is 3.41. The molecule has 1 aromatic rings. The number of halogens is 3. The lowest BCUT2D eigenvalue weighted by Gasteiger charge is -2.09. The Morgan fingerprint density at radius 2 is 2.06 bits per heavy atom. The summed E-state index contributed by atoms with van der Waals surface area (Å²) >= 11 is 0. The number of rotatable bonds is 4. The smallest absolute Gasteiger partial charge is 0.338 e. The van der Waals surface area contributed by atoms with Gasteiger partial charge in [0.15, 0.2) is 0 Å². The summed E-state index contributed by atoms with van der Waals surface area (Å²) in [7, 11) is 0. The highest BCUT2D eigenvalue weighted by molar-refractivity contribution is 5.89. The number of aromatic carboxylic acids is 1. The van der Waals surface area contributed by atoms with Crippen LogP contribution in [0.2, 0.25) is 0 Å². The molecule has 16 heavy (non-hydrogen) atoms. The Morgan fingerprint density at radius 1 is 1.44 bits per heavy atom.